The van der Waals surface area contributed by atoms with Gasteiger partial charge < -0.3 is 14.6 Å². The molecule has 0 heterocycles. The van der Waals surface area contributed by atoms with Gasteiger partial charge in [-0.3, -0.25) is 9.59 Å². The summed E-state index contributed by atoms with van der Waals surface area (Å²) in [6.07, 6.45) is 31.3. The quantitative estimate of drug-likeness (QED) is 0.0424. The molecule has 3 atom stereocenters. The molecule has 250 valence electrons. The minimum absolute atomic E-state index is 0.125. The fourth-order valence-corrected chi connectivity index (χ4v) is 6.08. The van der Waals surface area contributed by atoms with E-state index in [4.69, 9.17) is 9.47 Å². The molecule has 1 N–H and O–H groups in total. The zero-order valence-electron chi connectivity index (χ0n) is 27.4. The van der Waals surface area contributed by atoms with E-state index in [9.17, 15) is 14.7 Å². The monoisotopic (exact) mass is 724 g/mol. The van der Waals surface area contributed by atoms with Crippen molar-refractivity contribution in [1.82, 2.24) is 0 Å². The average Bonchev–Trinajstić information content (AvgIpc) is 2.99. The molecule has 0 aliphatic rings. The molecule has 0 aliphatic carbocycles. The Hall–Kier alpha value is -0.140. The fraction of sp³-hybridized carbons (Fsp3) is 0.943. The molecule has 0 aromatic rings. The van der Waals surface area contributed by atoms with E-state index in [1.807, 2.05) is 0 Å². The van der Waals surface area contributed by atoms with Gasteiger partial charge in [0.05, 0.1) is 6.61 Å². The summed E-state index contributed by atoms with van der Waals surface area (Å²) in [5.41, 5.74) is 0. The van der Waals surface area contributed by atoms with Crippen LogP contribution in [0.25, 0.3) is 0 Å². The number of alkyl halides is 2. The molecule has 0 radical (unpaired) electrons. The van der Waals surface area contributed by atoms with Crippen molar-refractivity contribution in [3.63, 3.8) is 0 Å². The lowest BCUT2D eigenvalue weighted by Gasteiger charge is -2.19. The van der Waals surface area contributed by atoms with Crippen molar-refractivity contribution in [2.75, 3.05) is 13.2 Å². The Bertz CT molecular complexity index is 604. The molecule has 0 bridgehead atoms. The van der Waals surface area contributed by atoms with Gasteiger partial charge in [0.15, 0.2) is 6.10 Å². The largest absolute Gasteiger partial charge is 0.461 e. The molecule has 5 nitrogen and oxygen atoms in total. The van der Waals surface area contributed by atoms with Crippen LogP contribution in [0.1, 0.15) is 181 Å². The van der Waals surface area contributed by atoms with Crippen molar-refractivity contribution in [2.24, 2.45) is 0 Å². The lowest BCUT2D eigenvalue weighted by atomic mass is 10.0. The Kier molecular flexibility index (Phi) is 32.2. The normalized spacial score (nSPS) is 13.5. The van der Waals surface area contributed by atoms with Crippen molar-refractivity contribution >= 4 is 43.8 Å². The summed E-state index contributed by atoms with van der Waals surface area (Å²) in [5, 5.41) is 9.63. The van der Waals surface area contributed by atoms with Crippen LogP contribution in [0, 0.1) is 0 Å². The maximum atomic E-state index is 12.4. The van der Waals surface area contributed by atoms with Gasteiger partial charge in [0.2, 0.25) is 0 Å². The number of hydrogen-bond acceptors (Lipinski definition) is 5. The smallest absolute Gasteiger partial charge is 0.320 e. The van der Waals surface area contributed by atoms with Gasteiger partial charge in [-0.25, -0.2) is 0 Å². The zero-order chi connectivity index (χ0) is 31.1. The molecular weight excluding hydrogens is 660 g/mol. The number of unbranched alkanes of at least 4 members (excludes halogenated alkanes) is 22. The molecule has 0 aliphatic heterocycles. The van der Waals surface area contributed by atoms with Gasteiger partial charge in [-0.2, -0.15) is 0 Å². The molecule has 0 aromatic carbocycles. The molecule has 3 unspecified atom stereocenters. The molecule has 0 saturated heterocycles. The Morgan fingerprint density at radius 2 is 0.833 bits per heavy atom. The molecule has 0 amide bonds. The molecule has 0 saturated carbocycles. The van der Waals surface area contributed by atoms with Gasteiger partial charge in [-0.05, 0) is 12.8 Å². The Labute approximate surface area is 276 Å². The van der Waals surface area contributed by atoms with Crippen LogP contribution in [-0.4, -0.2) is 46.0 Å². The third-order valence-electron chi connectivity index (χ3n) is 8.03. The highest BCUT2D eigenvalue weighted by atomic mass is 79.9. The van der Waals surface area contributed by atoms with Crippen LogP contribution in [0.15, 0.2) is 0 Å². The minimum atomic E-state index is -0.838. The first kappa shape index (κ1) is 41.9. The highest BCUT2D eigenvalue weighted by Crippen LogP contribution is 2.18. The zero-order valence-corrected chi connectivity index (χ0v) is 30.5. The van der Waals surface area contributed by atoms with Crippen LogP contribution in [0.2, 0.25) is 0 Å². The highest BCUT2D eigenvalue weighted by molar-refractivity contribution is 9.10. The molecule has 7 heteroatoms. The van der Waals surface area contributed by atoms with Gasteiger partial charge >= 0.3 is 11.9 Å². The second-order valence-corrected chi connectivity index (χ2v) is 14.4. The second kappa shape index (κ2) is 32.3. The summed E-state index contributed by atoms with van der Waals surface area (Å²) < 4.78 is 10.7. The predicted molar refractivity (Wildman–Crippen MR) is 185 cm³/mol. The lowest BCUT2D eigenvalue weighted by Crippen LogP contribution is -2.32. The maximum absolute atomic E-state index is 12.4. The number of halogens is 2. The van der Waals surface area contributed by atoms with Crippen molar-refractivity contribution in [3.05, 3.63) is 0 Å². The summed E-state index contributed by atoms with van der Waals surface area (Å²) in [4.78, 5) is 24.0. The molecule has 0 spiro atoms. The van der Waals surface area contributed by atoms with E-state index in [1.54, 1.807) is 0 Å². The van der Waals surface area contributed by atoms with Gasteiger partial charge in [0.25, 0.3) is 0 Å². The SMILES string of the molecule is CCCCCCCCCCCCCCC(Br)C(=O)OCC(CO)OC(=O)C(Br)CCCCCCCCCCCCCC. The van der Waals surface area contributed by atoms with Crippen molar-refractivity contribution < 1.29 is 24.2 Å². The number of carbonyl (C=O) groups excluding carboxylic acids is 2. The van der Waals surface area contributed by atoms with Crippen LogP contribution in [0.3, 0.4) is 0 Å². The average molecular weight is 727 g/mol. The van der Waals surface area contributed by atoms with Crippen molar-refractivity contribution in [3.8, 4) is 0 Å². The topological polar surface area (TPSA) is 72.8 Å². The van der Waals surface area contributed by atoms with Crippen LogP contribution in [0.4, 0.5) is 0 Å². The van der Waals surface area contributed by atoms with E-state index in [2.05, 4.69) is 45.7 Å². The Morgan fingerprint density at radius 1 is 0.524 bits per heavy atom. The predicted octanol–water partition coefficient (Wildman–Crippen LogP) is 11.1. The highest BCUT2D eigenvalue weighted by Gasteiger charge is 2.23. The van der Waals surface area contributed by atoms with E-state index in [1.165, 1.54) is 128 Å². The molecule has 0 rings (SSSR count). The van der Waals surface area contributed by atoms with Gasteiger partial charge in [-0.1, -0.05) is 200 Å². The number of rotatable bonds is 32. The number of aliphatic hydroxyl groups is 1. The van der Waals surface area contributed by atoms with Gasteiger partial charge in [0, 0.05) is 0 Å². The summed E-state index contributed by atoms with van der Waals surface area (Å²) in [5.74, 6) is -0.764. The summed E-state index contributed by atoms with van der Waals surface area (Å²) >= 11 is 6.87. The second-order valence-electron chi connectivity index (χ2n) is 12.2. The third-order valence-corrected chi connectivity index (χ3v) is 9.70. The van der Waals surface area contributed by atoms with E-state index >= 15 is 0 Å². The first-order valence-corrected chi connectivity index (χ1v) is 19.5. The Morgan fingerprint density at radius 3 is 1.17 bits per heavy atom. The third kappa shape index (κ3) is 27.4. The number of aliphatic hydroxyl groups excluding tert-OH is 1. The van der Waals surface area contributed by atoms with Crippen molar-refractivity contribution in [2.45, 2.75) is 197 Å². The molecular formula is C35H66Br2O5. The van der Waals surface area contributed by atoms with Crippen LogP contribution in [-0.2, 0) is 19.1 Å². The van der Waals surface area contributed by atoms with Crippen LogP contribution >= 0.6 is 31.9 Å². The molecule has 0 aromatic heterocycles. The van der Waals surface area contributed by atoms with Gasteiger partial charge in [0.1, 0.15) is 16.3 Å². The summed E-state index contributed by atoms with van der Waals surface area (Å²) in [6, 6.07) is 0. The van der Waals surface area contributed by atoms with Crippen LogP contribution < -0.4 is 0 Å². The van der Waals surface area contributed by atoms with E-state index in [0.29, 0.717) is 6.42 Å². The summed E-state index contributed by atoms with van der Waals surface area (Å²) in [7, 11) is 0. The number of hydrogen-bond donors (Lipinski definition) is 1. The first-order valence-electron chi connectivity index (χ1n) is 17.7. The standard InChI is InChI=1S/C35H66Br2O5/c1-3-5-7-9-11-13-15-17-19-21-23-25-27-32(36)34(39)41-30-31(29-38)42-35(40)33(37)28-26-24-22-20-18-16-14-12-10-8-6-4-2/h31-33,38H,3-30H2,1-2H3. The number of esters is 2. The summed E-state index contributed by atoms with van der Waals surface area (Å²) in [6.45, 7) is 4.02. The first-order chi connectivity index (χ1) is 20.5. The number of carbonyl (C=O) groups is 2. The minimum Gasteiger partial charge on any atom is -0.461 e. The molecule has 42 heavy (non-hydrogen) atoms. The van der Waals surface area contributed by atoms with Gasteiger partial charge in [-0.15, -0.1) is 0 Å². The fourth-order valence-electron chi connectivity index (χ4n) is 5.19. The van der Waals surface area contributed by atoms with E-state index < -0.39 is 16.9 Å². The van der Waals surface area contributed by atoms with Crippen molar-refractivity contribution in [1.29, 1.82) is 0 Å². The number of ether oxygens (including phenoxy) is 2. The maximum Gasteiger partial charge on any atom is 0.320 e. The Balaban J connectivity index is 3.79. The van der Waals surface area contributed by atoms with E-state index in [0.717, 1.165) is 32.1 Å². The van der Waals surface area contributed by atoms with Crippen LogP contribution in [0.5, 0.6) is 0 Å². The molecule has 0 fully saturated rings. The lowest BCUT2D eigenvalue weighted by molar-refractivity contribution is -0.160. The van der Waals surface area contributed by atoms with E-state index in [-0.39, 0.29) is 24.0 Å².